The number of amides is 3. The average Bonchev–Trinajstić information content (AvgIpc) is 3.25. The van der Waals surface area contributed by atoms with E-state index in [1.165, 1.54) is 7.11 Å². The highest BCUT2D eigenvalue weighted by Gasteiger charge is 2.31. The van der Waals surface area contributed by atoms with E-state index in [0.717, 1.165) is 29.7 Å². The van der Waals surface area contributed by atoms with Gasteiger partial charge in [-0.15, -0.1) is 11.3 Å². The molecule has 8 nitrogen and oxygen atoms in total. The topological polar surface area (TPSA) is 105 Å². The second-order valence-electron chi connectivity index (χ2n) is 9.21. The molecule has 1 aromatic heterocycles. The Morgan fingerprint density at radius 2 is 1.94 bits per heavy atom. The Labute approximate surface area is 214 Å². The number of likely N-dealkylation sites (tertiary alicyclic amines) is 1. The molecule has 3 amide bonds. The molecule has 2 N–H and O–H groups in total. The van der Waals surface area contributed by atoms with Crippen LogP contribution in [0.5, 0.6) is 0 Å². The number of nitrogens with one attached hydrogen (secondary N) is 2. The molecule has 0 bridgehead atoms. The number of rotatable bonds is 7. The largest absolute Gasteiger partial charge is 0.469 e. The van der Waals surface area contributed by atoms with Crippen molar-refractivity contribution < 1.29 is 23.9 Å². The first-order valence-electron chi connectivity index (χ1n) is 11.4. The molecule has 1 fully saturated rings. The zero-order chi connectivity index (χ0) is 25.8. The van der Waals surface area contributed by atoms with Crippen LogP contribution in [0.3, 0.4) is 0 Å². The Kier molecular flexibility index (Phi) is 8.56. The first-order valence-corrected chi connectivity index (χ1v) is 12.6. The minimum Gasteiger partial charge on any atom is -0.469 e. The maximum atomic E-state index is 13.1. The van der Waals surface area contributed by atoms with Crippen molar-refractivity contribution in [2.45, 2.75) is 45.6 Å². The number of carbonyl (C=O) groups is 4. The maximum Gasteiger partial charge on any atom is 0.305 e. The molecule has 0 aliphatic carbocycles. The molecule has 0 radical (unpaired) electrons. The number of aryl methyl sites for hydroxylation is 1. The molecule has 1 aliphatic rings. The van der Waals surface area contributed by atoms with Gasteiger partial charge in [0.25, 0.3) is 11.8 Å². The normalized spacial score (nSPS) is 15.9. The molecule has 2 heterocycles. The number of thiophene rings is 1. The zero-order valence-electron chi connectivity index (χ0n) is 20.3. The number of carbonyl (C=O) groups excluding carboxylic acids is 4. The van der Waals surface area contributed by atoms with Gasteiger partial charge in [0.15, 0.2) is 0 Å². The van der Waals surface area contributed by atoms with Gasteiger partial charge in [-0.3, -0.25) is 19.2 Å². The van der Waals surface area contributed by atoms with E-state index in [1.54, 1.807) is 49.1 Å². The molecule has 1 saturated heterocycles. The summed E-state index contributed by atoms with van der Waals surface area (Å²) in [5.74, 6) is -1.06. The lowest BCUT2D eigenvalue weighted by Gasteiger charge is -2.32. The summed E-state index contributed by atoms with van der Waals surface area (Å²) in [6.07, 6.45) is 2.02. The number of ether oxygens (including phenoxy) is 1. The van der Waals surface area contributed by atoms with Crippen molar-refractivity contribution >= 4 is 52.3 Å². The van der Waals surface area contributed by atoms with Gasteiger partial charge >= 0.3 is 5.97 Å². The first-order chi connectivity index (χ1) is 16.5. The first kappa shape index (κ1) is 26.7. The van der Waals surface area contributed by atoms with E-state index in [2.05, 4.69) is 10.6 Å². The highest BCUT2D eigenvalue weighted by Crippen LogP contribution is 2.25. The fraction of sp³-hybridized carbons (Fsp3) is 0.440. The molecule has 0 saturated carbocycles. The maximum absolute atomic E-state index is 13.1. The Balaban J connectivity index is 1.64. The van der Waals surface area contributed by atoms with Gasteiger partial charge in [0.2, 0.25) is 5.91 Å². The summed E-state index contributed by atoms with van der Waals surface area (Å²) in [4.78, 5) is 52.3. The quantitative estimate of drug-likeness (QED) is 0.531. The van der Waals surface area contributed by atoms with Gasteiger partial charge in [-0.2, -0.15) is 0 Å². The zero-order valence-corrected chi connectivity index (χ0v) is 21.8. The molecule has 10 heteroatoms. The monoisotopic (exact) mass is 519 g/mol. The molecule has 1 unspecified atom stereocenters. The highest BCUT2D eigenvalue weighted by atomic mass is 35.5. The van der Waals surface area contributed by atoms with Crippen molar-refractivity contribution in [3.05, 3.63) is 50.7 Å². The second kappa shape index (κ2) is 11.2. The number of halogens is 1. The third-order valence-corrected chi connectivity index (χ3v) is 7.22. The van der Waals surface area contributed by atoms with Crippen molar-refractivity contribution in [1.82, 2.24) is 10.2 Å². The molecule has 35 heavy (non-hydrogen) atoms. The molecule has 1 aromatic carbocycles. The second-order valence-corrected chi connectivity index (χ2v) is 10.9. The Hall–Kier alpha value is -2.91. The van der Waals surface area contributed by atoms with Crippen LogP contribution in [0, 0.1) is 12.8 Å². The van der Waals surface area contributed by atoms with E-state index in [4.69, 9.17) is 16.3 Å². The summed E-state index contributed by atoms with van der Waals surface area (Å²) in [7, 11) is 1.37. The molecule has 1 atom stereocenters. The molecule has 0 spiro atoms. The Bertz CT molecular complexity index is 1130. The summed E-state index contributed by atoms with van der Waals surface area (Å²) in [5.41, 5.74) is 0.604. The minimum absolute atomic E-state index is 0.0849. The number of esters is 1. The number of nitrogens with zero attached hydrogens (tertiary/aromatic N) is 1. The van der Waals surface area contributed by atoms with Gasteiger partial charge in [0.1, 0.15) is 5.54 Å². The van der Waals surface area contributed by atoms with Gasteiger partial charge in [0.05, 0.1) is 16.3 Å². The van der Waals surface area contributed by atoms with Gasteiger partial charge < -0.3 is 20.3 Å². The third kappa shape index (κ3) is 6.82. The van der Waals surface area contributed by atoms with E-state index in [0.29, 0.717) is 40.0 Å². The van der Waals surface area contributed by atoms with Crippen LogP contribution in [-0.2, 0) is 14.3 Å². The van der Waals surface area contributed by atoms with E-state index in [9.17, 15) is 19.2 Å². The summed E-state index contributed by atoms with van der Waals surface area (Å²) in [5, 5.41) is 5.54. The molecule has 2 aromatic rings. The highest BCUT2D eigenvalue weighted by molar-refractivity contribution is 7.18. The van der Waals surface area contributed by atoms with E-state index in [-0.39, 0.29) is 23.7 Å². The standard InChI is InChI=1S/C25H30ClN3O5S/c1-15-12-17(27-24(33)25(2,3)28-22(31)19-9-10-20(26)35-19)7-8-18(15)23(32)29-11-5-6-16(14-29)13-21(30)34-4/h7-10,12,16H,5-6,11,13-14H2,1-4H3,(H,27,33)(H,28,31). The van der Waals surface area contributed by atoms with E-state index < -0.39 is 11.4 Å². The van der Waals surface area contributed by atoms with Crippen LogP contribution in [0.2, 0.25) is 4.34 Å². The molecule has 188 valence electrons. The number of hydrogen-bond acceptors (Lipinski definition) is 6. The lowest BCUT2D eigenvalue weighted by atomic mass is 9.94. The Morgan fingerprint density at radius 3 is 2.57 bits per heavy atom. The van der Waals surface area contributed by atoms with Crippen LogP contribution in [-0.4, -0.2) is 54.3 Å². The lowest BCUT2D eigenvalue weighted by Crippen LogP contribution is -2.52. The molecule has 1 aliphatic heterocycles. The number of piperidine rings is 1. The fourth-order valence-electron chi connectivity index (χ4n) is 4.01. The fourth-order valence-corrected chi connectivity index (χ4v) is 4.95. The van der Waals surface area contributed by atoms with Crippen molar-refractivity contribution in [1.29, 1.82) is 0 Å². The number of benzene rings is 1. The number of methoxy groups -OCH3 is 1. The van der Waals surface area contributed by atoms with Crippen LogP contribution in [0.15, 0.2) is 30.3 Å². The van der Waals surface area contributed by atoms with E-state index in [1.807, 2.05) is 6.92 Å². The van der Waals surface area contributed by atoms with Crippen molar-refractivity contribution in [2.75, 3.05) is 25.5 Å². The third-order valence-electron chi connectivity index (χ3n) is 5.99. The van der Waals surface area contributed by atoms with Gasteiger partial charge in [-0.1, -0.05) is 11.6 Å². The van der Waals surface area contributed by atoms with Crippen LogP contribution >= 0.6 is 22.9 Å². The van der Waals surface area contributed by atoms with Crippen molar-refractivity contribution in [2.24, 2.45) is 5.92 Å². The summed E-state index contributed by atoms with van der Waals surface area (Å²) in [6, 6.07) is 8.33. The van der Waals surface area contributed by atoms with Crippen molar-refractivity contribution in [3.63, 3.8) is 0 Å². The summed E-state index contributed by atoms with van der Waals surface area (Å²) >= 11 is 7.03. The minimum atomic E-state index is -1.18. The van der Waals surface area contributed by atoms with Gasteiger partial charge in [0, 0.05) is 30.8 Å². The molecule has 3 rings (SSSR count). The molecular weight excluding hydrogens is 490 g/mol. The van der Waals surface area contributed by atoms with Crippen LogP contribution in [0.1, 0.15) is 58.7 Å². The predicted molar refractivity (Wildman–Crippen MR) is 136 cm³/mol. The van der Waals surface area contributed by atoms with Gasteiger partial charge in [-0.25, -0.2) is 0 Å². The van der Waals surface area contributed by atoms with Gasteiger partial charge in [-0.05, 0) is 75.4 Å². The van der Waals surface area contributed by atoms with Crippen LogP contribution in [0.4, 0.5) is 5.69 Å². The Morgan fingerprint density at radius 1 is 1.20 bits per heavy atom. The summed E-state index contributed by atoms with van der Waals surface area (Å²) < 4.78 is 5.25. The van der Waals surface area contributed by atoms with Crippen LogP contribution < -0.4 is 10.6 Å². The number of hydrogen-bond donors (Lipinski definition) is 2. The lowest BCUT2D eigenvalue weighted by molar-refractivity contribution is -0.142. The SMILES string of the molecule is COC(=O)CC1CCCN(C(=O)c2ccc(NC(=O)C(C)(C)NC(=O)c3ccc(Cl)s3)cc2C)C1. The van der Waals surface area contributed by atoms with E-state index >= 15 is 0 Å². The van der Waals surface area contributed by atoms with Crippen molar-refractivity contribution in [3.8, 4) is 0 Å². The predicted octanol–water partition coefficient (Wildman–Crippen LogP) is 4.27. The number of anilines is 1. The summed E-state index contributed by atoms with van der Waals surface area (Å²) in [6.45, 7) is 6.18. The smallest absolute Gasteiger partial charge is 0.305 e. The molecular formula is C25H30ClN3O5S. The average molecular weight is 520 g/mol. The van der Waals surface area contributed by atoms with Crippen LogP contribution in [0.25, 0.3) is 0 Å².